The summed E-state index contributed by atoms with van der Waals surface area (Å²) in [6, 6.07) is 25.3. The number of aromatic nitrogens is 2. The Labute approximate surface area is 219 Å². The standard InChI is InChI=1S/C16H11NO3.C14H8BrNO/c1-20-16(19)13-9-10-5-4-8-17-14(10)15(18)12-7-3-2-6-11(12)13;15-12-8-9-4-3-7-16-13(9)14(17)11-6-2-1-5-10(11)12/h2-9H,1H3;1-8H. The Morgan fingerprint density at radius 2 is 1.16 bits per heavy atom. The van der Waals surface area contributed by atoms with Crippen LogP contribution in [0.4, 0.5) is 0 Å². The van der Waals surface area contributed by atoms with E-state index in [1.807, 2.05) is 42.5 Å². The molecule has 0 unspecified atom stereocenters. The quantitative estimate of drug-likeness (QED) is 0.232. The first-order chi connectivity index (χ1) is 18.0. The number of pyridine rings is 2. The Kier molecular flexibility index (Phi) is 6.70. The van der Waals surface area contributed by atoms with Crippen LogP contribution in [0.2, 0.25) is 0 Å². The molecule has 2 aromatic heterocycles. The minimum absolute atomic E-state index is 0.0260. The molecule has 0 aliphatic rings. The number of rotatable bonds is 1. The van der Waals surface area contributed by atoms with E-state index < -0.39 is 5.97 Å². The van der Waals surface area contributed by atoms with Crippen molar-refractivity contribution >= 4 is 65.2 Å². The maximum absolute atomic E-state index is 12.5. The van der Waals surface area contributed by atoms with Crippen LogP contribution in [0, 0.1) is 0 Å². The third-order valence-electron chi connectivity index (χ3n) is 5.99. The van der Waals surface area contributed by atoms with Crippen molar-refractivity contribution in [1.29, 1.82) is 0 Å². The molecule has 0 N–H and O–H groups in total. The highest BCUT2D eigenvalue weighted by atomic mass is 79.9. The third-order valence-corrected chi connectivity index (χ3v) is 6.64. The monoisotopic (exact) mass is 550 g/mol. The molecule has 0 aliphatic heterocycles. The van der Waals surface area contributed by atoms with Gasteiger partial charge in [-0.05, 0) is 29.7 Å². The lowest BCUT2D eigenvalue weighted by Crippen LogP contribution is -2.02. The molecular weight excluding hydrogens is 532 g/mol. The van der Waals surface area contributed by atoms with Gasteiger partial charge in [0.15, 0.2) is 0 Å². The second kappa shape index (κ2) is 10.2. The minimum Gasteiger partial charge on any atom is -0.465 e. The molecule has 7 heteroatoms. The fraction of sp³-hybridized carbons (Fsp3) is 0.0333. The Morgan fingerprint density at radius 1 is 0.676 bits per heavy atom. The Balaban J connectivity index is 0.000000153. The van der Waals surface area contributed by atoms with Crippen LogP contribution >= 0.6 is 15.9 Å². The number of benzene rings is 2. The number of carbonyl (C=O) groups excluding carboxylic acids is 1. The second-order valence-corrected chi connectivity index (χ2v) is 9.03. The fourth-order valence-corrected chi connectivity index (χ4v) is 4.83. The molecule has 180 valence electrons. The Bertz CT molecular complexity index is 1960. The number of methoxy groups -OCH3 is 1. The molecule has 6 nitrogen and oxygen atoms in total. The molecule has 0 aliphatic carbocycles. The molecule has 0 saturated carbocycles. The van der Waals surface area contributed by atoms with Crippen LogP contribution in [-0.4, -0.2) is 23.0 Å². The smallest absolute Gasteiger partial charge is 0.338 e. The zero-order chi connectivity index (χ0) is 25.9. The van der Waals surface area contributed by atoms with Crippen LogP contribution in [0.25, 0.3) is 43.4 Å². The number of hydrogen-bond donors (Lipinski definition) is 0. The fourth-order valence-electron chi connectivity index (χ4n) is 4.23. The minimum atomic E-state index is -0.470. The third kappa shape index (κ3) is 4.57. The van der Waals surface area contributed by atoms with Crippen molar-refractivity contribution in [3.8, 4) is 0 Å². The van der Waals surface area contributed by atoms with Crippen molar-refractivity contribution in [1.82, 2.24) is 9.97 Å². The molecule has 2 heterocycles. The lowest BCUT2D eigenvalue weighted by atomic mass is 10.1. The zero-order valence-electron chi connectivity index (χ0n) is 19.6. The van der Waals surface area contributed by atoms with Crippen LogP contribution in [0.5, 0.6) is 0 Å². The van der Waals surface area contributed by atoms with Crippen molar-refractivity contribution in [2.75, 3.05) is 7.11 Å². The largest absolute Gasteiger partial charge is 0.465 e. The molecule has 6 aromatic rings. The van der Waals surface area contributed by atoms with Gasteiger partial charge in [0.25, 0.3) is 0 Å². The zero-order valence-corrected chi connectivity index (χ0v) is 21.2. The van der Waals surface area contributed by atoms with Crippen molar-refractivity contribution in [3.05, 3.63) is 128 Å². The summed E-state index contributed by atoms with van der Waals surface area (Å²) < 4.78 is 5.72. The summed E-state index contributed by atoms with van der Waals surface area (Å²) in [4.78, 5) is 45.2. The van der Waals surface area contributed by atoms with Gasteiger partial charge in [-0.1, -0.05) is 76.6 Å². The average molecular weight is 551 g/mol. The number of halogens is 1. The lowest BCUT2D eigenvalue weighted by Gasteiger charge is -1.99. The highest BCUT2D eigenvalue weighted by Crippen LogP contribution is 2.23. The molecular formula is C30H19BrN2O4. The van der Waals surface area contributed by atoms with Crippen molar-refractivity contribution in [3.63, 3.8) is 0 Å². The molecule has 6 rings (SSSR count). The van der Waals surface area contributed by atoms with Crippen molar-refractivity contribution in [2.24, 2.45) is 0 Å². The summed E-state index contributed by atoms with van der Waals surface area (Å²) in [6.07, 6.45) is 3.21. The summed E-state index contributed by atoms with van der Waals surface area (Å²) in [5.74, 6) is -0.470. The summed E-state index contributed by atoms with van der Waals surface area (Å²) in [6.45, 7) is 0. The van der Waals surface area contributed by atoms with E-state index in [-0.39, 0.29) is 10.9 Å². The first kappa shape index (κ1) is 24.2. The van der Waals surface area contributed by atoms with Crippen molar-refractivity contribution < 1.29 is 9.53 Å². The first-order valence-electron chi connectivity index (χ1n) is 11.3. The molecule has 0 amide bonds. The van der Waals surface area contributed by atoms with Gasteiger partial charge in [-0.25, -0.2) is 4.79 Å². The van der Waals surface area contributed by atoms with E-state index in [0.717, 1.165) is 15.2 Å². The summed E-state index contributed by atoms with van der Waals surface area (Å²) in [5.41, 5.74) is 1.00. The van der Waals surface area contributed by atoms with E-state index >= 15 is 0 Å². The second-order valence-electron chi connectivity index (χ2n) is 8.17. The number of fused-ring (bicyclic) bond motifs is 4. The first-order valence-corrected chi connectivity index (χ1v) is 12.1. The highest BCUT2D eigenvalue weighted by Gasteiger charge is 2.13. The van der Waals surface area contributed by atoms with Crippen molar-refractivity contribution in [2.45, 2.75) is 0 Å². The predicted octanol–water partition coefficient (Wildman–Crippen LogP) is 6.05. The van der Waals surface area contributed by atoms with Gasteiger partial charge in [0.1, 0.15) is 11.0 Å². The molecule has 4 aromatic carbocycles. The van der Waals surface area contributed by atoms with E-state index in [2.05, 4.69) is 25.9 Å². The number of carbonyl (C=O) groups is 1. The van der Waals surface area contributed by atoms with Gasteiger partial charge in [-0.15, -0.1) is 0 Å². The maximum Gasteiger partial charge on any atom is 0.338 e. The Hall–Kier alpha value is -4.49. The van der Waals surface area contributed by atoms with E-state index in [0.29, 0.717) is 38.1 Å². The predicted molar refractivity (Wildman–Crippen MR) is 150 cm³/mol. The molecule has 0 spiro atoms. The van der Waals surface area contributed by atoms with E-state index in [9.17, 15) is 14.4 Å². The Morgan fingerprint density at radius 3 is 1.73 bits per heavy atom. The number of hydrogen-bond acceptors (Lipinski definition) is 6. The molecule has 0 saturated heterocycles. The van der Waals surface area contributed by atoms with Crippen LogP contribution in [0.3, 0.4) is 0 Å². The topological polar surface area (TPSA) is 86.2 Å². The van der Waals surface area contributed by atoms with Gasteiger partial charge in [0, 0.05) is 43.8 Å². The number of ether oxygens (including phenoxy) is 1. The van der Waals surface area contributed by atoms with Crippen LogP contribution < -0.4 is 10.9 Å². The lowest BCUT2D eigenvalue weighted by molar-refractivity contribution is 0.0603. The van der Waals surface area contributed by atoms with E-state index in [4.69, 9.17) is 4.74 Å². The van der Waals surface area contributed by atoms with Crippen LogP contribution in [0.15, 0.2) is 111 Å². The molecule has 37 heavy (non-hydrogen) atoms. The highest BCUT2D eigenvalue weighted by molar-refractivity contribution is 9.10. The van der Waals surface area contributed by atoms with E-state index in [1.54, 1.807) is 54.9 Å². The molecule has 0 bridgehead atoms. The molecule has 0 atom stereocenters. The number of nitrogens with zero attached hydrogens (tertiary/aromatic N) is 2. The van der Waals surface area contributed by atoms with Gasteiger partial charge in [-0.2, -0.15) is 0 Å². The summed E-state index contributed by atoms with van der Waals surface area (Å²) in [7, 11) is 1.32. The van der Waals surface area contributed by atoms with Crippen LogP contribution in [-0.2, 0) is 4.74 Å². The van der Waals surface area contributed by atoms with E-state index in [1.165, 1.54) is 7.11 Å². The normalized spacial score (nSPS) is 10.8. The summed E-state index contributed by atoms with van der Waals surface area (Å²) >= 11 is 3.52. The maximum atomic E-state index is 12.5. The van der Waals surface area contributed by atoms with Gasteiger partial charge in [0.05, 0.1) is 12.7 Å². The van der Waals surface area contributed by atoms with Gasteiger partial charge in [0.2, 0.25) is 10.9 Å². The SMILES string of the molecule is COC(=O)c1cc2cccnc2c(=O)c2ccccc12.O=c1c2ccccc2c(Br)cc2cccnc12. The van der Waals surface area contributed by atoms with Gasteiger partial charge >= 0.3 is 5.97 Å². The average Bonchev–Trinajstić information content (AvgIpc) is 3.14. The molecule has 0 radical (unpaired) electrons. The molecule has 0 fully saturated rings. The van der Waals surface area contributed by atoms with Crippen LogP contribution in [0.1, 0.15) is 10.4 Å². The summed E-state index contributed by atoms with van der Waals surface area (Å²) in [5, 5.41) is 4.10. The number of esters is 1. The van der Waals surface area contributed by atoms with Gasteiger partial charge < -0.3 is 4.74 Å². The van der Waals surface area contributed by atoms with Gasteiger partial charge in [-0.3, -0.25) is 19.6 Å².